The van der Waals surface area contributed by atoms with Crippen LogP contribution in [0.4, 0.5) is 5.69 Å². The van der Waals surface area contributed by atoms with Gasteiger partial charge in [0, 0.05) is 12.2 Å². The topological polar surface area (TPSA) is 64.0 Å². The molecule has 3 rings (SSSR count). The van der Waals surface area contributed by atoms with E-state index in [1.165, 1.54) is 11.8 Å². The van der Waals surface area contributed by atoms with Gasteiger partial charge in [-0.15, -0.1) is 6.58 Å². The van der Waals surface area contributed by atoms with Gasteiger partial charge in [0.1, 0.15) is 0 Å². The number of nitrogens with one attached hydrogen (secondary N) is 1. The zero-order valence-electron chi connectivity index (χ0n) is 17.8. The number of fused-ring (bicyclic) bond motifs is 1. The van der Waals surface area contributed by atoms with Crippen molar-refractivity contribution in [1.29, 1.82) is 0 Å². The molecule has 0 saturated carbocycles. The standard InChI is InChI=1S/C24H27N3O2S/c1-6-14-27-23(29)19-11-7-8-13-20(19)25-24(27)30-17(5)22(28)26-21-16(4)10-9-12-18(21)15(2)3/h6-13,15,17H,1,14H2,2-5H3,(H,26,28)/t17-/m0/s1. The van der Waals surface area contributed by atoms with E-state index in [2.05, 4.69) is 30.7 Å². The fourth-order valence-corrected chi connectivity index (χ4v) is 4.22. The first-order valence-corrected chi connectivity index (χ1v) is 10.9. The first kappa shape index (κ1) is 21.8. The van der Waals surface area contributed by atoms with Gasteiger partial charge in [0.25, 0.3) is 5.56 Å². The predicted octanol–water partition coefficient (Wildman–Crippen LogP) is 5.13. The van der Waals surface area contributed by atoms with Crippen LogP contribution >= 0.6 is 11.8 Å². The van der Waals surface area contributed by atoms with Gasteiger partial charge in [0.05, 0.1) is 16.2 Å². The van der Waals surface area contributed by atoms with E-state index in [0.717, 1.165) is 16.8 Å². The molecule has 1 atom stereocenters. The van der Waals surface area contributed by atoms with Gasteiger partial charge >= 0.3 is 0 Å². The fraction of sp³-hybridized carbons (Fsp3) is 0.292. The molecule has 0 unspecified atom stereocenters. The number of rotatable bonds is 7. The van der Waals surface area contributed by atoms with Crippen LogP contribution in [0, 0.1) is 6.92 Å². The lowest BCUT2D eigenvalue weighted by Gasteiger charge is -2.19. The van der Waals surface area contributed by atoms with E-state index < -0.39 is 5.25 Å². The first-order valence-electron chi connectivity index (χ1n) is 10.0. The molecule has 0 spiro atoms. The number of nitrogens with zero attached hydrogens (tertiary/aromatic N) is 2. The maximum atomic E-state index is 13.0. The van der Waals surface area contributed by atoms with Gasteiger partial charge in [0.2, 0.25) is 5.91 Å². The largest absolute Gasteiger partial charge is 0.325 e. The molecule has 1 aromatic heterocycles. The van der Waals surface area contributed by atoms with Crippen molar-refractivity contribution >= 4 is 34.3 Å². The molecule has 0 radical (unpaired) electrons. The summed E-state index contributed by atoms with van der Waals surface area (Å²) in [6, 6.07) is 13.3. The molecule has 1 N–H and O–H groups in total. The monoisotopic (exact) mass is 421 g/mol. The van der Waals surface area contributed by atoms with Crippen LogP contribution in [0.5, 0.6) is 0 Å². The lowest BCUT2D eigenvalue weighted by atomic mass is 9.98. The number of carbonyl (C=O) groups excluding carboxylic acids is 1. The zero-order valence-corrected chi connectivity index (χ0v) is 18.6. The molecule has 0 aliphatic carbocycles. The van der Waals surface area contributed by atoms with Gasteiger partial charge in [-0.3, -0.25) is 14.2 Å². The van der Waals surface area contributed by atoms with Gasteiger partial charge < -0.3 is 5.32 Å². The Morgan fingerprint density at radius 2 is 1.93 bits per heavy atom. The molecule has 156 valence electrons. The normalized spacial score (nSPS) is 12.2. The van der Waals surface area contributed by atoms with Gasteiger partial charge in [0.15, 0.2) is 5.16 Å². The second-order valence-corrected chi connectivity index (χ2v) is 8.87. The Morgan fingerprint density at radius 1 is 1.20 bits per heavy atom. The summed E-state index contributed by atoms with van der Waals surface area (Å²) in [7, 11) is 0. The summed E-state index contributed by atoms with van der Waals surface area (Å²) in [4.78, 5) is 30.5. The molecular weight excluding hydrogens is 394 g/mol. The van der Waals surface area contributed by atoms with Crippen LogP contribution in [0.15, 0.2) is 65.1 Å². The molecule has 5 nitrogen and oxygen atoms in total. The molecule has 3 aromatic rings. The maximum absolute atomic E-state index is 13.0. The molecule has 2 aromatic carbocycles. The van der Waals surface area contributed by atoms with E-state index >= 15 is 0 Å². The zero-order chi connectivity index (χ0) is 21.8. The summed E-state index contributed by atoms with van der Waals surface area (Å²) in [5.41, 5.74) is 3.49. The number of aryl methyl sites for hydroxylation is 1. The lowest BCUT2D eigenvalue weighted by molar-refractivity contribution is -0.115. The summed E-state index contributed by atoms with van der Waals surface area (Å²) >= 11 is 1.28. The van der Waals surface area contributed by atoms with Crippen molar-refractivity contribution < 1.29 is 4.79 Å². The van der Waals surface area contributed by atoms with Gasteiger partial charge in [-0.25, -0.2) is 4.98 Å². The van der Waals surface area contributed by atoms with Crippen molar-refractivity contribution in [1.82, 2.24) is 9.55 Å². The molecule has 0 saturated heterocycles. The summed E-state index contributed by atoms with van der Waals surface area (Å²) in [5, 5.41) is 3.72. The van der Waals surface area contributed by atoms with E-state index in [-0.39, 0.29) is 11.5 Å². The quantitative estimate of drug-likeness (QED) is 0.326. The Morgan fingerprint density at radius 3 is 2.63 bits per heavy atom. The van der Waals surface area contributed by atoms with Crippen LogP contribution < -0.4 is 10.9 Å². The number of benzene rings is 2. The van der Waals surface area contributed by atoms with Crippen molar-refractivity contribution in [2.75, 3.05) is 5.32 Å². The lowest BCUT2D eigenvalue weighted by Crippen LogP contribution is -2.27. The fourth-order valence-electron chi connectivity index (χ4n) is 3.31. The van der Waals surface area contributed by atoms with Crippen LogP contribution in [-0.4, -0.2) is 20.7 Å². The number of carbonyl (C=O) groups is 1. The summed E-state index contributed by atoms with van der Waals surface area (Å²) in [6.07, 6.45) is 1.66. The smallest absolute Gasteiger partial charge is 0.262 e. The van der Waals surface area contributed by atoms with Gasteiger partial charge in [-0.1, -0.05) is 62.0 Å². The Hall–Kier alpha value is -2.86. The third-order valence-electron chi connectivity index (χ3n) is 4.96. The highest BCUT2D eigenvalue weighted by atomic mass is 32.2. The third-order valence-corrected chi connectivity index (χ3v) is 6.06. The SMILES string of the molecule is C=CCn1c(S[C@@H](C)C(=O)Nc2c(C)cccc2C(C)C)nc2ccccc2c1=O. The highest BCUT2D eigenvalue weighted by molar-refractivity contribution is 8.00. The minimum atomic E-state index is -0.436. The highest BCUT2D eigenvalue weighted by Crippen LogP contribution is 2.29. The molecule has 6 heteroatoms. The second-order valence-electron chi connectivity index (χ2n) is 7.56. The van der Waals surface area contributed by atoms with Crippen LogP contribution in [-0.2, 0) is 11.3 Å². The van der Waals surface area contributed by atoms with Crippen molar-refractivity contribution in [2.24, 2.45) is 0 Å². The summed E-state index contributed by atoms with van der Waals surface area (Å²) in [6.45, 7) is 12.1. The number of amides is 1. The van der Waals surface area contributed by atoms with E-state index in [1.807, 2.05) is 50.2 Å². The minimum Gasteiger partial charge on any atom is -0.325 e. The molecule has 0 fully saturated rings. The Labute approximate surface area is 181 Å². The van der Waals surface area contributed by atoms with Crippen LogP contribution in [0.2, 0.25) is 0 Å². The van der Waals surface area contributed by atoms with Gasteiger partial charge in [-0.2, -0.15) is 0 Å². The Bertz CT molecular complexity index is 1150. The summed E-state index contributed by atoms with van der Waals surface area (Å²) < 4.78 is 1.57. The first-order chi connectivity index (χ1) is 14.3. The van der Waals surface area contributed by atoms with E-state index in [1.54, 1.807) is 16.7 Å². The molecule has 0 bridgehead atoms. The molecule has 1 heterocycles. The van der Waals surface area contributed by atoms with Crippen LogP contribution in [0.1, 0.15) is 37.8 Å². The van der Waals surface area contributed by atoms with Crippen molar-refractivity contribution in [3.05, 3.63) is 76.6 Å². The molecule has 30 heavy (non-hydrogen) atoms. The number of aromatic nitrogens is 2. The highest BCUT2D eigenvalue weighted by Gasteiger charge is 2.21. The summed E-state index contributed by atoms with van der Waals surface area (Å²) in [5.74, 6) is 0.173. The average Bonchev–Trinajstić information content (AvgIpc) is 2.72. The number of para-hydroxylation sites is 2. The maximum Gasteiger partial charge on any atom is 0.262 e. The number of anilines is 1. The van der Waals surface area contributed by atoms with E-state index in [9.17, 15) is 9.59 Å². The third kappa shape index (κ3) is 4.49. The van der Waals surface area contributed by atoms with Gasteiger partial charge in [-0.05, 0) is 43.0 Å². The number of allylic oxidation sites excluding steroid dienone is 1. The van der Waals surface area contributed by atoms with Crippen molar-refractivity contribution in [3.8, 4) is 0 Å². The molecular formula is C24H27N3O2S. The predicted molar refractivity (Wildman–Crippen MR) is 125 cm³/mol. The van der Waals surface area contributed by atoms with Crippen molar-refractivity contribution in [2.45, 2.75) is 50.6 Å². The molecule has 1 amide bonds. The molecule has 0 aliphatic rings. The second kappa shape index (κ2) is 9.30. The Balaban J connectivity index is 1.91. The molecule has 0 aliphatic heterocycles. The average molecular weight is 422 g/mol. The van der Waals surface area contributed by atoms with Crippen molar-refractivity contribution in [3.63, 3.8) is 0 Å². The van der Waals surface area contributed by atoms with Crippen LogP contribution in [0.25, 0.3) is 10.9 Å². The number of hydrogen-bond donors (Lipinski definition) is 1. The van der Waals surface area contributed by atoms with E-state index in [4.69, 9.17) is 0 Å². The van der Waals surface area contributed by atoms with Crippen LogP contribution in [0.3, 0.4) is 0 Å². The number of thioether (sulfide) groups is 1. The minimum absolute atomic E-state index is 0.122. The van der Waals surface area contributed by atoms with E-state index in [0.29, 0.717) is 28.5 Å². The Kier molecular flexibility index (Phi) is 6.77. The number of hydrogen-bond acceptors (Lipinski definition) is 4.